The fourth-order valence-corrected chi connectivity index (χ4v) is 2.33. The Balaban J connectivity index is 2.79. The molecule has 1 saturated heterocycles. The van der Waals surface area contributed by atoms with Gasteiger partial charge >= 0.3 is 13.6 Å². The van der Waals surface area contributed by atoms with Gasteiger partial charge in [-0.3, -0.25) is 9.46 Å². The standard InChI is InChI=1S/C6H12NO6P/c8-5(9)6(10)2-1-3-7(6)4-14(11,12)13/h10H,1-4H2,(H,8,9)(H2,11,12,13). The van der Waals surface area contributed by atoms with Crippen molar-refractivity contribution in [3.8, 4) is 0 Å². The Hall–Kier alpha value is -0.460. The van der Waals surface area contributed by atoms with E-state index in [4.69, 9.17) is 14.9 Å². The largest absolute Gasteiger partial charge is 0.478 e. The smallest absolute Gasteiger partial charge is 0.351 e. The van der Waals surface area contributed by atoms with Gasteiger partial charge in [-0.1, -0.05) is 0 Å². The fourth-order valence-electron chi connectivity index (χ4n) is 1.51. The van der Waals surface area contributed by atoms with Gasteiger partial charge < -0.3 is 20.0 Å². The van der Waals surface area contributed by atoms with E-state index in [2.05, 4.69) is 0 Å². The summed E-state index contributed by atoms with van der Waals surface area (Å²) in [6, 6.07) is 0. The number of aliphatic hydroxyl groups is 1. The maximum absolute atomic E-state index is 10.7. The first-order valence-corrected chi connectivity index (χ1v) is 5.81. The van der Waals surface area contributed by atoms with Gasteiger partial charge in [-0.2, -0.15) is 0 Å². The third-order valence-electron chi connectivity index (χ3n) is 2.17. The van der Waals surface area contributed by atoms with Gasteiger partial charge in [-0.25, -0.2) is 4.79 Å². The van der Waals surface area contributed by atoms with Crippen LogP contribution >= 0.6 is 7.60 Å². The molecule has 8 heteroatoms. The summed E-state index contributed by atoms with van der Waals surface area (Å²) in [7, 11) is -4.33. The Labute approximate surface area is 80.1 Å². The lowest BCUT2D eigenvalue weighted by Gasteiger charge is -2.29. The number of carbonyl (C=O) groups is 1. The Bertz CT molecular complexity index is 288. The Morgan fingerprint density at radius 1 is 1.50 bits per heavy atom. The highest BCUT2D eigenvalue weighted by molar-refractivity contribution is 7.51. The summed E-state index contributed by atoms with van der Waals surface area (Å²) < 4.78 is 10.6. The zero-order valence-corrected chi connectivity index (χ0v) is 8.22. The van der Waals surface area contributed by atoms with E-state index < -0.39 is 25.6 Å². The molecule has 1 atom stereocenters. The van der Waals surface area contributed by atoms with E-state index in [9.17, 15) is 14.5 Å². The highest BCUT2D eigenvalue weighted by Gasteiger charge is 2.47. The summed E-state index contributed by atoms with van der Waals surface area (Å²) in [5.74, 6) is -1.47. The Morgan fingerprint density at radius 3 is 2.50 bits per heavy atom. The van der Waals surface area contributed by atoms with E-state index in [1.165, 1.54) is 0 Å². The lowest BCUT2D eigenvalue weighted by atomic mass is 10.1. The molecule has 0 bridgehead atoms. The molecule has 1 heterocycles. The summed E-state index contributed by atoms with van der Waals surface area (Å²) in [5.41, 5.74) is -2.12. The minimum absolute atomic E-state index is 0.0116. The molecule has 1 rings (SSSR count). The van der Waals surface area contributed by atoms with Crippen molar-refractivity contribution in [2.75, 3.05) is 12.8 Å². The number of rotatable bonds is 3. The van der Waals surface area contributed by atoms with Crippen molar-refractivity contribution in [3.05, 3.63) is 0 Å². The highest BCUT2D eigenvalue weighted by Crippen LogP contribution is 2.40. The predicted octanol–water partition coefficient (Wildman–Crippen LogP) is -1.01. The van der Waals surface area contributed by atoms with Gasteiger partial charge in [0.1, 0.15) is 6.29 Å². The fraction of sp³-hybridized carbons (Fsp3) is 0.833. The van der Waals surface area contributed by atoms with Gasteiger partial charge in [0.25, 0.3) is 0 Å². The maximum Gasteiger partial charge on any atom is 0.351 e. The van der Waals surface area contributed by atoms with E-state index in [0.717, 1.165) is 4.90 Å². The molecule has 4 N–H and O–H groups in total. The monoisotopic (exact) mass is 225 g/mol. The minimum Gasteiger partial charge on any atom is -0.478 e. The number of likely N-dealkylation sites (tertiary alicyclic amines) is 1. The van der Waals surface area contributed by atoms with Crippen molar-refractivity contribution in [3.63, 3.8) is 0 Å². The van der Waals surface area contributed by atoms with Crippen molar-refractivity contribution in [2.45, 2.75) is 18.6 Å². The zero-order chi connectivity index (χ0) is 11.0. The lowest BCUT2D eigenvalue weighted by molar-refractivity contribution is -0.174. The minimum atomic E-state index is -4.33. The number of hydrogen-bond acceptors (Lipinski definition) is 4. The topological polar surface area (TPSA) is 118 Å². The molecule has 0 aromatic rings. The van der Waals surface area contributed by atoms with Crippen LogP contribution in [0, 0.1) is 0 Å². The van der Waals surface area contributed by atoms with Gasteiger partial charge in [0.05, 0.1) is 0 Å². The average Bonchev–Trinajstić information content (AvgIpc) is 2.30. The zero-order valence-electron chi connectivity index (χ0n) is 7.33. The Morgan fingerprint density at radius 2 is 2.07 bits per heavy atom. The van der Waals surface area contributed by atoms with E-state index in [1.54, 1.807) is 0 Å². The molecule has 1 aliphatic heterocycles. The average molecular weight is 225 g/mol. The molecule has 0 saturated carbocycles. The van der Waals surface area contributed by atoms with Crippen LogP contribution < -0.4 is 0 Å². The van der Waals surface area contributed by atoms with Gasteiger partial charge in [0.2, 0.25) is 5.72 Å². The van der Waals surface area contributed by atoms with Crippen LogP contribution in [0.3, 0.4) is 0 Å². The van der Waals surface area contributed by atoms with Crippen LogP contribution in [-0.2, 0) is 9.36 Å². The second-order valence-electron chi connectivity index (χ2n) is 3.29. The van der Waals surface area contributed by atoms with Gasteiger partial charge in [-0.15, -0.1) is 0 Å². The van der Waals surface area contributed by atoms with E-state index >= 15 is 0 Å². The molecule has 1 unspecified atom stereocenters. The van der Waals surface area contributed by atoms with Crippen LogP contribution in [0.4, 0.5) is 0 Å². The van der Waals surface area contributed by atoms with Crippen LogP contribution in [0.2, 0.25) is 0 Å². The number of carboxylic acid groups (broad SMARTS) is 1. The van der Waals surface area contributed by atoms with Gasteiger partial charge in [0.15, 0.2) is 0 Å². The summed E-state index contributed by atoms with van der Waals surface area (Å²) in [4.78, 5) is 28.9. The van der Waals surface area contributed by atoms with Crippen LogP contribution in [0.25, 0.3) is 0 Å². The van der Waals surface area contributed by atoms with Crippen molar-refractivity contribution >= 4 is 13.6 Å². The SMILES string of the molecule is O=C(O)C1(O)CCCN1CP(=O)(O)O. The molecule has 0 aromatic heterocycles. The van der Waals surface area contributed by atoms with Crippen molar-refractivity contribution < 1.29 is 29.4 Å². The van der Waals surface area contributed by atoms with Crippen LogP contribution in [-0.4, -0.2) is 49.4 Å². The molecule has 0 aromatic carbocycles. The van der Waals surface area contributed by atoms with Crippen LogP contribution in [0.15, 0.2) is 0 Å². The normalized spacial score (nSPS) is 29.4. The summed E-state index contributed by atoms with van der Waals surface area (Å²) in [6.45, 7) is 0.175. The first-order valence-electron chi connectivity index (χ1n) is 4.01. The summed E-state index contributed by atoms with van der Waals surface area (Å²) in [6.07, 6.45) is -0.332. The number of aliphatic carboxylic acids is 1. The molecular weight excluding hydrogens is 213 g/mol. The van der Waals surface area contributed by atoms with E-state index in [0.29, 0.717) is 6.42 Å². The highest BCUT2D eigenvalue weighted by atomic mass is 31.2. The summed E-state index contributed by atoms with van der Waals surface area (Å²) >= 11 is 0. The third kappa shape index (κ3) is 2.31. The quantitative estimate of drug-likeness (QED) is 0.454. The first kappa shape index (κ1) is 11.6. The molecule has 0 radical (unpaired) electrons. The molecule has 82 valence electrons. The second kappa shape index (κ2) is 3.60. The van der Waals surface area contributed by atoms with E-state index in [1.807, 2.05) is 0 Å². The first-order chi connectivity index (χ1) is 6.26. The molecule has 0 aliphatic carbocycles. The number of carboxylic acids is 1. The van der Waals surface area contributed by atoms with Crippen molar-refractivity contribution in [1.82, 2.24) is 4.90 Å². The van der Waals surface area contributed by atoms with E-state index in [-0.39, 0.29) is 13.0 Å². The van der Waals surface area contributed by atoms with Gasteiger partial charge in [-0.05, 0) is 6.42 Å². The van der Waals surface area contributed by atoms with Crippen molar-refractivity contribution in [2.24, 2.45) is 0 Å². The lowest BCUT2D eigenvalue weighted by Crippen LogP contribution is -2.50. The predicted molar refractivity (Wildman–Crippen MR) is 45.4 cm³/mol. The molecule has 7 nitrogen and oxygen atoms in total. The van der Waals surface area contributed by atoms with Gasteiger partial charge in [0, 0.05) is 13.0 Å². The molecule has 14 heavy (non-hydrogen) atoms. The van der Waals surface area contributed by atoms with Crippen LogP contribution in [0.1, 0.15) is 12.8 Å². The van der Waals surface area contributed by atoms with Crippen LogP contribution in [0.5, 0.6) is 0 Å². The molecular formula is C6H12NO6P. The maximum atomic E-state index is 10.7. The second-order valence-corrected chi connectivity index (χ2v) is 4.91. The molecule has 0 spiro atoms. The number of hydrogen-bond donors (Lipinski definition) is 4. The van der Waals surface area contributed by atoms with Crippen molar-refractivity contribution in [1.29, 1.82) is 0 Å². The number of nitrogens with zero attached hydrogens (tertiary/aromatic N) is 1. The summed E-state index contributed by atoms with van der Waals surface area (Å²) in [5, 5.41) is 18.3. The Kier molecular flexibility index (Phi) is 2.99. The third-order valence-corrected chi connectivity index (χ3v) is 2.88. The molecule has 1 aliphatic rings. The molecule has 0 amide bonds. The molecule has 1 fully saturated rings.